The van der Waals surface area contributed by atoms with Crippen molar-refractivity contribution < 1.29 is 9.59 Å². The van der Waals surface area contributed by atoms with Crippen molar-refractivity contribution in [2.45, 2.75) is 46.0 Å². The van der Waals surface area contributed by atoms with E-state index >= 15 is 0 Å². The molecule has 0 spiro atoms. The van der Waals surface area contributed by atoms with Gasteiger partial charge in [0.1, 0.15) is 0 Å². The SMILES string of the molecule is CC(C)CCCCCCNC(=O)Nc1cccc(N2CCNC2=O)c1. The van der Waals surface area contributed by atoms with E-state index in [0.29, 0.717) is 25.3 Å². The van der Waals surface area contributed by atoms with Crippen molar-refractivity contribution in [3.8, 4) is 0 Å². The van der Waals surface area contributed by atoms with Crippen molar-refractivity contribution in [2.75, 3.05) is 29.9 Å². The van der Waals surface area contributed by atoms with Gasteiger partial charge in [0.05, 0.1) is 0 Å². The monoisotopic (exact) mass is 346 g/mol. The lowest BCUT2D eigenvalue weighted by Gasteiger charge is -2.15. The molecule has 1 aromatic carbocycles. The van der Waals surface area contributed by atoms with Crippen LogP contribution in [0.4, 0.5) is 21.0 Å². The summed E-state index contributed by atoms with van der Waals surface area (Å²) >= 11 is 0. The number of nitrogens with zero attached hydrogens (tertiary/aromatic N) is 1. The summed E-state index contributed by atoms with van der Waals surface area (Å²) in [6, 6.07) is 7.04. The molecule has 0 radical (unpaired) electrons. The minimum atomic E-state index is -0.204. The van der Waals surface area contributed by atoms with Crippen LogP contribution >= 0.6 is 0 Å². The van der Waals surface area contributed by atoms with Crippen molar-refractivity contribution in [1.82, 2.24) is 10.6 Å². The summed E-state index contributed by atoms with van der Waals surface area (Å²) in [6.45, 7) is 6.47. The third-order valence-electron chi connectivity index (χ3n) is 4.27. The molecule has 0 aliphatic carbocycles. The highest BCUT2D eigenvalue weighted by molar-refractivity contribution is 5.95. The van der Waals surface area contributed by atoms with Gasteiger partial charge in [-0.2, -0.15) is 0 Å². The van der Waals surface area contributed by atoms with Gasteiger partial charge in [-0.05, 0) is 30.5 Å². The zero-order valence-corrected chi connectivity index (χ0v) is 15.3. The van der Waals surface area contributed by atoms with Gasteiger partial charge in [0.15, 0.2) is 0 Å². The lowest BCUT2D eigenvalue weighted by atomic mass is 10.0. The van der Waals surface area contributed by atoms with Crippen LogP contribution in [0.15, 0.2) is 24.3 Å². The van der Waals surface area contributed by atoms with Gasteiger partial charge < -0.3 is 16.0 Å². The van der Waals surface area contributed by atoms with Crippen molar-refractivity contribution in [2.24, 2.45) is 5.92 Å². The van der Waals surface area contributed by atoms with Gasteiger partial charge in [-0.25, -0.2) is 9.59 Å². The lowest BCUT2D eigenvalue weighted by molar-refractivity contribution is 0.251. The number of carbonyl (C=O) groups is 2. The molecule has 25 heavy (non-hydrogen) atoms. The molecule has 6 heteroatoms. The molecule has 0 aromatic heterocycles. The first-order chi connectivity index (χ1) is 12.1. The van der Waals surface area contributed by atoms with E-state index in [0.717, 1.165) is 24.4 Å². The highest BCUT2D eigenvalue weighted by Crippen LogP contribution is 2.20. The predicted molar refractivity (Wildman–Crippen MR) is 102 cm³/mol. The maximum Gasteiger partial charge on any atom is 0.321 e. The molecule has 1 saturated heterocycles. The van der Waals surface area contributed by atoms with Crippen LogP contribution in [0.3, 0.4) is 0 Å². The quantitative estimate of drug-likeness (QED) is 0.592. The van der Waals surface area contributed by atoms with Crippen molar-refractivity contribution in [1.29, 1.82) is 0 Å². The highest BCUT2D eigenvalue weighted by atomic mass is 16.2. The van der Waals surface area contributed by atoms with Gasteiger partial charge in [-0.3, -0.25) is 4.90 Å². The summed E-state index contributed by atoms with van der Waals surface area (Å²) in [6.07, 6.45) is 5.91. The molecule has 0 unspecified atom stereocenters. The first-order valence-corrected chi connectivity index (χ1v) is 9.26. The number of hydrogen-bond acceptors (Lipinski definition) is 2. The van der Waals surface area contributed by atoms with E-state index in [4.69, 9.17) is 0 Å². The number of benzene rings is 1. The highest BCUT2D eigenvalue weighted by Gasteiger charge is 2.21. The summed E-state index contributed by atoms with van der Waals surface area (Å²) in [5, 5.41) is 8.49. The second kappa shape index (κ2) is 9.91. The number of carbonyl (C=O) groups excluding carboxylic acids is 2. The molecule has 1 fully saturated rings. The van der Waals surface area contributed by atoms with Crippen LogP contribution in [0.5, 0.6) is 0 Å². The Morgan fingerprint density at radius 1 is 1.24 bits per heavy atom. The Balaban J connectivity index is 1.67. The number of anilines is 2. The van der Waals surface area contributed by atoms with E-state index in [9.17, 15) is 9.59 Å². The summed E-state index contributed by atoms with van der Waals surface area (Å²) in [4.78, 5) is 25.3. The molecule has 0 saturated carbocycles. The second-order valence-corrected chi connectivity index (χ2v) is 6.91. The molecule has 1 aromatic rings. The number of nitrogens with one attached hydrogen (secondary N) is 3. The van der Waals surface area contributed by atoms with E-state index in [1.807, 2.05) is 24.3 Å². The zero-order valence-electron chi connectivity index (χ0n) is 15.3. The number of unbranched alkanes of at least 4 members (excludes halogenated alkanes) is 3. The van der Waals surface area contributed by atoms with Crippen molar-refractivity contribution in [3.05, 3.63) is 24.3 Å². The molecule has 138 valence electrons. The molecule has 1 heterocycles. The van der Waals surface area contributed by atoms with Crippen LogP contribution in [-0.4, -0.2) is 31.7 Å². The minimum Gasteiger partial charge on any atom is -0.338 e. The van der Waals surface area contributed by atoms with E-state index in [-0.39, 0.29) is 12.1 Å². The van der Waals surface area contributed by atoms with E-state index in [1.54, 1.807) is 4.90 Å². The van der Waals surface area contributed by atoms with E-state index in [2.05, 4.69) is 29.8 Å². The fourth-order valence-corrected chi connectivity index (χ4v) is 2.88. The largest absolute Gasteiger partial charge is 0.338 e. The molecule has 0 bridgehead atoms. The molecule has 0 atom stereocenters. The Morgan fingerprint density at radius 3 is 2.76 bits per heavy atom. The number of hydrogen-bond donors (Lipinski definition) is 3. The summed E-state index contributed by atoms with van der Waals surface area (Å²) in [7, 11) is 0. The van der Waals surface area contributed by atoms with Crippen LogP contribution in [0.25, 0.3) is 0 Å². The summed E-state index contributed by atoms with van der Waals surface area (Å²) < 4.78 is 0. The van der Waals surface area contributed by atoms with Gasteiger partial charge >= 0.3 is 12.1 Å². The average Bonchev–Trinajstić information content (AvgIpc) is 3.00. The Morgan fingerprint density at radius 2 is 2.04 bits per heavy atom. The summed E-state index contributed by atoms with van der Waals surface area (Å²) in [5.74, 6) is 0.770. The summed E-state index contributed by atoms with van der Waals surface area (Å²) in [5.41, 5.74) is 1.48. The number of amides is 4. The normalized spacial score (nSPS) is 13.9. The molecule has 2 rings (SSSR count). The standard InChI is InChI=1S/C19H30N4O2/c1-15(2)8-5-3-4-6-11-20-18(24)22-16-9-7-10-17(14-16)23-13-12-21-19(23)25/h7,9-10,14-15H,3-6,8,11-13H2,1-2H3,(H,21,25)(H2,20,22,24). The lowest BCUT2D eigenvalue weighted by Crippen LogP contribution is -2.30. The first-order valence-electron chi connectivity index (χ1n) is 9.26. The molecular weight excluding hydrogens is 316 g/mol. The smallest absolute Gasteiger partial charge is 0.321 e. The second-order valence-electron chi connectivity index (χ2n) is 6.91. The third-order valence-corrected chi connectivity index (χ3v) is 4.27. The Bertz CT molecular complexity index is 574. The van der Waals surface area contributed by atoms with Gasteiger partial charge in [-0.15, -0.1) is 0 Å². The predicted octanol–water partition coefficient (Wildman–Crippen LogP) is 3.94. The Labute approximate surface area is 150 Å². The van der Waals surface area contributed by atoms with E-state index < -0.39 is 0 Å². The Hall–Kier alpha value is -2.24. The number of urea groups is 2. The van der Waals surface area contributed by atoms with Crippen LogP contribution in [0.1, 0.15) is 46.0 Å². The maximum atomic E-state index is 12.0. The molecule has 3 N–H and O–H groups in total. The Kier molecular flexibility index (Phi) is 7.57. The maximum absolute atomic E-state index is 12.0. The molecule has 4 amide bonds. The molecule has 1 aliphatic heterocycles. The third kappa shape index (κ3) is 6.64. The average molecular weight is 346 g/mol. The molecular formula is C19H30N4O2. The van der Waals surface area contributed by atoms with Gasteiger partial charge in [0, 0.05) is 31.0 Å². The zero-order chi connectivity index (χ0) is 18.1. The van der Waals surface area contributed by atoms with Crippen LogP contribution < -0.4 is 20.9 Å². The van der Waals surface area contributed by atoms with Crippen molar-refractivity contribution >= 4 is 23.4 Å². The van der Waals surface area contributed by atoms with Gasteiger partial charge in [-0.1, -0.05) is 45.6 Å². The van der Waals surface area contributed by atoms with Crippen LogP contribution in [0.2, 0.25) is 0 Å². The first kappa shape index (κ1) is 19.1. The fourth-order valence-electron chi connectivity index (χ4n) is 2.88. The van der Waals surface area contributed by atoms with Crippen LogP contribution in [0, 0.1) is 5.92 Å². The topological polar surface area (TPSA) is 73.5 Å². The van der Waals surface area contributed by atoms with Crippen LogP contribution in [-0.2, 0) is 0 Å². The van der Waals surface area contributed by atoms with Gasteiger partial charge in [0.2, 0.25) is 0 Å². The van der Waals surface area contributed by atoms with Gasteiger partial charge in [0.25, 0.3) is 0 Å². The molecule has 1 aliphatic rings. The van der Waals surface area contributed by atoms with E-state index in [1.165, 1.54) is 19.3 Å². The van der Waals surface area contributed by atoms with Crippen molar-refractivity contribution in [3.63, 3.8) is 0 Å². The minimum absolute atomic E-state index is 0.0981. The number of rotatable bonds is 9. The molecule has 6 nitrogen and oxygen atoms in total. The fraction of sp³-hybridized carbons (Fsp3) is 0.579.